The van der Waals surface area contributed by atoms with Crippen LogP contribution < -0.4 is 22.9 Å². The molecule has 4 nitrogen and oxygen atoms in total. The number of nitrogens with two attached hydrogens (primary N) is 4. The molecule has 0 aliphatic rings. The van der Waals surface area contributed by atoms with Crippen LogP contribution in [-0.4, -0.2) is 0 Å². The van der Waals surface area contributed by atoms with Crippen LogP contribution in [0.4, 0.5) is 22.7 Å². The molecule has 20 heavy (non-hydrogen) atoms. The molecular formula is C16H14N4. The van der Waals surface area contributed by atoms with E-state index >= 15 is 0 Å². The Morgan fingerprint density at radius 3 is 0.950 bits per heavy atom. The van der Waals surface area contributed by atoms with Gasteiger partial charge in [-0.25, -0.2) is 0 Å². The molecule has 8 N–H and O–H groups in total. The van der Waals surface area contributed by atoms with Crippen molar-refractivity contribution in [3.05, 3.63) is 36.4 Å². The lowest BCUT2D eigenvalue weighted by atomic mass is 9.90. The zero-order valence-corrected chi connectivity index (χ0v) is 10.8. The molecule has 0 aromatic heterocycles. The fourth-order valence-corrected chi connectivity index (χ4v) is 3.12. The molecule has 0 heterocycles. The first-order valence-electron chi connectivity index (χ1n) is 6.39. The van der Waals surface area contributed by atoms with Crippen LogP contribution in [0.1, 0.15) is 0 Å². The lowest BCUT2D eigenvalue weighted by Crippen LogP contribution is -2.02. The highest BCUT2D eigenvalue weighted by atomic mass is 14.7. The fourth-order valence-electron chi connectivity index (χ4n) is 3.12. The van der Waals surface area contributed by atoms with Crippen molar-refractivity contribution in [3.63, 3.8) is 0 Å². The average molecular weight is 262 g/mol. The van der Waals surface area contributed by atoms with Crippen molar-refractivity contribution in [1.29, 1.82) is 0 Å². The molecule has 4 aromatic rings. The number of nitrogen functional groups attached to an aromatic ring is 4. The van der Waals surface area contributed by atoms with Gasteiger partial charge in [-0.15, -0.1) is 0 Å². The SMILES string of the molecule is Nc1c(N)c2cccc3c(N)c(N)c4cccc1c4c23. The Balaban J connectivity index is 2.54. The van der Waals surface area contributed by atoms with Crippen LogP contribution in [0.15, 0.2) is 36.4 Å². The van der Waals surface area contributed by atoms with E-state index < -0.39 is 0 Å². The predicted octanol–water partition coefficient (Wildman–Crippen LogP) is 2.91. The highest BCUT2D eigenvalue weighted by Crippen LogP contribution is 2.46. The standard InChI is InChI=1S/C16H14N4/c17-13-7-3-1-4-8-11(7)12-9(15(13)19)5-2-6-10(12)16(20)14(8)18/h1-6H,17-20H2. The Morgan fingerprint density at radius 2 is 0.700 bits per heavy atom. The van der Waals surface area contributed by atoms with Crippen molar-refractivity contribution in [2.75, 3.05) is 22.9 Å². The lowest BCUT2D eigenvalue weighted by molar-refractivity contribution is 1.72. The maximum absolute atomic E-state index is 6.19. The number of anilines is 4. The van der Waals surface area contributed by atoms with Crippen LogP contribution in [0, 0.1) is 0 Å². The average Bonchev–Trinajstić information content (AvgIpc) is 2.48. The molecule has 0 saturated heterocycles. The zero-order valence-electron chi connectivity index (χ0n) is 10.8. The van der Waals surface area contributed by atoms with Gasteiger partial charge < -0.3 is 22.9 Å². The van der Waals surface area contributed by atoms with Crippen molar-refractivity contribution in [3.8, 4) is 0 Å². The van der Waals surface area contributed by atoms with Crippen LogP contribution in [-0.2, 0) is 0 Å². The third kappa shape index (κ3) is 1.07. The third-order valence-corrected chi connectivity index (χ3v) is 4.12. The second-order valence-electron chi connectivity index (χ2n) is 5.11. The molecule has 0 unspecified atom stereocenters. The minimum Gasteiger partial charge on any atom is -0.397 e. The third-order valence-electron chi connectivity index (χ3n) is 4.12. The zero-order chi connectivity index (χ0) is 14.0. The summed E-state index contributed by atoms with van der Waals surface area (Å²) in [6.45, 7) is 0. The molecule has 4 aromatic carbocycles. The van der Waals surface area contributed by atoms with Gasteiger partial charge in [0.15, 0.2) is 0 Å². The Kier molecular flexibility index (Phi) is 1.85. The minimum absolute atomic E-state index is 0.597. The minimum atomic E-state index is 0.597. The summed E-state index contributed by atoms with van der Waals surface area (Å²) in [5.74, 6) is 0. The molecule has 0 radical (unpaired) electrons. The lowest BCUT2D eigenvalue weighted by Gasteiger charge is -2.18. The van der Waals surface area contributed by atoms with Gasteiger partial charge in [0, 0.05) is 32.3 Å². The van der Waals surface area contributed by atoms with Gasteiger partial charge >= 0.3 is 0 Å². The Hall–Kier alpha value is -2.88. The van der Waals surface area contributed by atoms with E-state index in [1.54, 1.807) is 0 Å². The Morgan fingerprint density at radius 1 is 0.450 bits per heavy atom. The number of benzene rings is 4. The number of rotatable bonds is 0. The molecular weight excluding hydrogens is 248 g/mol. The van der Waals surface area contributed by atoms with Crippen LogP contribution in [0.2, 0.25) is 0 Å². The summed E-state index contributed by atoms with van der Waals surface area (Å²) in [5, 5.41) is 5.78. The van der Waals surface area contributed by atoms with Gasteiger partial charge in [0.2, 0.25) is 0 Å². The summed E-state index contributed by atoms with van der Waals surface area (Å²) in [7, 11) is 0. The van der Waals surface area contributed by atoms with Gasteiger partial charge in [0.1, 0.15) is 0 Å². The van der Waals surface area contributed by atoms with Crippen molar-refractivity contribution < 1.29 is 0 Å². The molecule has 0 bridgehead atoms. The molecule has 4 heteroatoms. The van der Waals surface area contributed by atoms with Crippen LogP contribution in [0.5, 0.6) is 0 Å². The smallest absolute Gasteiger partial charge is 0.0634 e. The van der Waals surface area contributed by atoms with Crippen LogP contribution >= 0.6 is 0 Å². The van der Waals surface area contributed by atoms with Crippen molar-refractivity contribution >= 4 is 55.1 Å². The maximum Gasteiger partial charge on any atom is 0.0634 e. The molecule has 0 aliphatic heterocycles. The van der Waals surface area contributed by atoms with Crippen molar-refractivity contribution in [2.45, 2.75) is 0 Å². The van der Waals surface area contributed by atoms with Gasteiger partial charge in [-0.3, -0.25) is 0 Å². The van der Waals surface area contributed by atoms with Gasteiger partial charge in [0.05, 0.1) is 22.7 Å². The molecule has 98 valence electrons. The molecule has 0 saturated carbocycles. The van der Waals surface area contributed by atoms with Crippen LogP contribution in [0.3, 0.4) is 0 Å². The topological polar surface area (TPSA) is 104 Å². The molecule has 0 spiro atoms. The molecule has 4 rings (SSSR count). The fraction of sp³-hybridized carbons (Fsp3) is 0. The van der Waals surface area contributed by atoms with E-state index in [-0.39, 0.29) is 0 Å². The monoisotopic (exact) mass is 262 g/mol. The van der Waals surface area contributed by atoms with E-state index in [1.807, 2.05) is 36.4 Å². The van der Waals surface area contributed by atoms with E-state index in [9.17, 15) is 0 Å². The largest absolute Gasteiger partial charge is 0.397 e. The molecule has 0 atom stereocenters. The number of hydrogen-bond acceptors (Lipinski definition) is 4. The predicted molar refractivity (Wildman–Crippen MR) is 87.8 cm³/mol. The van der Waals surface area contributed by atoms with E-state index in [0.29, 0.717) is 22.7 Å². The Labute approximate surface area is 115 Å². The first kappa shape index (κ1) is 11.0. The van der Waals surface area contributed by atoms with Crippen molar-refractivity contribution in [1.82, 2.24) is 0 Å². The second kappa shape index (κ2) is 3.36. The van der Waals surface area contributed by atoms with Gasteiger partial charge in [0.25, 0.3) is 0 Å². The van der Waals surface area contributed by atoms with E-state index in [2.05, 4.69) is 0 Å². The Bertz CT molecular complexity index is 835. The first-order valence-corrected chi connectivity index (χ1v) is 6.39. The summed E-state index contributed by atoms with van der Waals surface area (Å²) < 4.78 is 0. The summed E-state index contributed by atoms with van der Waals surface area (Å²) in [4.78, 5) is 0. The second-order valence-corrected chi connectivity index (χ2v) is 5.11. The molecule has 0 fully saturated rings. The molecule has 0 aliphatic carbocycles. The quantitative estimate of drug-likeness (QED) is 0.289. The summed E-state index contributed by atoms with van der Waals surface area (Å²) in [6, 6.07) is 11.7. The van der Waals surface area contributed by atoms with Gasteiger partial charge in [-0.2, -0.15) is 0 Å². The van der Waals surface area contributed by atoms with E-state index in [1.165, 1.54) is 0 Å². The van der Waals surface area contributed by atoms with E-state index in [4.69, 9.17) is 22.9 Å². The number of hydrogen-bond donors (Lipinski definition) is 4. The normalized spacial score (nSPS) is 11.8. The molecule has 0 amide bonds. The summed E-state index contributed by atoms with van der Waals surface area (Å²) >= 11 is 0. The highest BCUT2D eigenvalue weighted by molar-refractivity contribution is 6.34. The summed E-state index contributed by atoms with van der Waals surface area (Å²) in [5.41, 5.74) is 27.2. The van der Waals surface area contributed by atoms with Gasteiger partial charge in [-0.1, -0.05) is 36.4 Å². The first-order chi connectivity index (χ1) is 9.61. The highest BCUT2D eigenvalue weighted by Gasteiger charge is 2.18. The maximum atomic E-state index is 6.19. The van der Waals surface area contributed by atoms with Crippen LogP contribution in [0.25, 0.3) is 32.3 Å². The van der Waals surface area contributed by atoms with E-state index in [0.717, 1.165) is 32.3 Å². The van der Waals surface area contributed by atoms with Crippen molar-refractivity contribution in [2.24, 2.45) is 0 Å². The summed E-state index contributed by atoms with van der Waals surface area (Å²) in [6.07, 6.45) is 0. The van der Waals surface area contributed by atoms with Gasteiger partial charge in [-0.05, 0) is 0 Å².